The minimum absolute atomic E-state index is 0.0271. The van der Waals surface area contributed by atoms with Gasteiger partial charge in [0.15, 0.2) is 5.82 Å². The quantitative estimate of drug-likeness (QED) is 0.360. The molecule has 1 saturated heterocycles. The van der Waals surface area contributed by atoms with Gasteiger partial charge in [-0.15, -0.1) is 0 Å². The zero-order valence-corrected chi connectivity index (χ0v) is 21.4. The minimum atomic E-state index is -0.826. The lowest BCUT2D eigenvalue weighted by atomic mass is 10.1. The van der Waals surface area contributed by atoms with Crippen molar-refractivity contribution in [1.29, 1.82) is 0 Å². The molecule has 1 aliphatic heterocycles. The van der Waals surface area contributed by atoms with Gasteiger partial charge in [-0.05, 0) is 38.8 Å². The summed E-state index contributed by atoms with van der Waals surface area (Å²) in [5, 5.41) is 14.6. The van der Waals surface area contributed by atoms with Gasteiger partial charge in [-0.2, -0.15) is 10.1 Å². The third-order valence-corrected chi connectivity index (χ3v) is 6.62. The summed E-state index contributed by atoms with van der Waals surface area (Å²) < 4.78 is 12.3. The summed E-state index contributed by atoms with van der Waals surface area (Å²) >= 11 is 0. The molecule has 5 rings (SSSR count). The summed E-state index contributed by atoms with van der Waals surface area (Å²) in [5.41, 5.74) is 2.20. The van der Waals surface area contributed by atoms with Crippen LogP contribution in [0.25, 0.3) is 11.0 Å². The van der Waals surface area contributed by atoms with Crippen LogP contribution in [0.2, 0.25) is 0 Å². The van der Waals surface area contributed by atoms with Crippen molar-refractivity contribution in [2.75, 3.05) is 6.54 Å². The van der Waals surface area contributed by atoms with Gasteiger partial charge in [0, 0.05) is 24.5 Å². The van der Waals surface area contributed by atoms with Gasteiger partial charge in [0.05, 0.1) is 17.8 Å². The maximum atomic E-state index is 13.7. The predicted octanol–water partition coefficient (Wildman–Crippen LogP) is 2.23. The third kappa shape index (κ3) is 4.89. The Morgan fingerprint density at radius 1 is 1.18 bits per heavy atom. The number of furan rings is 1. The molecule has 1 aromatic carbocycles. The standard InChI is InChI=1S/C26H29N7O5/c1-4-16-10-21(33(5-2)30-16)25(35)29-17-11-20(24(34)27-12-23-28-15(3)31-38-23)32(13-17)26(36)19-14-37-22-9-7-6-8-18(19)22/h6-10,14,17,20H,4-5,11-13H2,1-3H3,(H,27,34)(H,29,35)/t17-,20+/m1/s1. The van der Waals surface area contributed by atoms with Crippen LogP contribution < -0.4 is 10.6 Å². The second-order valence-electron chi connectivity index (χ2n) is 9.17. The molecule has 4 heterocycles. The fourth-order valence-corrected chi connectivity index (χ4v) is 4.73. The largest absolute Gasteiger partial charge is 0.463 e. The maximum absolute atomic E-state index is 13.7. The molecule has 198 valence electrons. The Morgan fingerprint density at radius 3 is 2.74 bits per heavy atom. The summed E-state index contributed by atoms with van der Waals surface area (Å²) in [6, 6.07) is 7.71. The lowest BCUT2D eigenvalue weighted by Crippen LogP contribution is -2.45. The van der Waals surface area contributed by atoms with Gasteiger partial charge in [-0.3, -0.25) is 19.1 Å². The molecular weight excluding hydrogens is 490 g/mol. The summed E-state index contributed by atoms with van der Waals surface area (Å²) in [6.45, 7) is 6.30. The number of carbonyl (C=O) groups excluding carboxylic acids is 3. The molecule has 38 heavy (non-hydrogen) atoms. The molecule has 0 spiro atoms. The third-order valence-electron chi connectivity index (χ3n) is 6.62. The van der Waals surface area contributed by atoms with E-state index in [0.29, 0.717) is 41.0 Å². The van der Waals surface area contributed by atoms with Crippen molar-refractivity contribution < 1.29 is 23.3 Å². The van der Waals surface area contributed by atoms with E-state index >= 15 is 0 Å². The van der Waals surface area contributed by atoms with E-state index in [-0.39, 0.29) is 43.1 Å². The first-order valence-electron chi connectivity index (χ1n) is 12.6. The van der Waals surface area contributed by atoms with Crippen molar-refractivity contribution in [2.24, 2.45) is 0 Å². The average Bonchev–Trinajstić information content (AvgIpc) is 3.71. The summed E-state index contributed by atoms with van der Waals surface area (Å²) in [4.78, 5) is 45.7. The normalized spacial score (nSPS) is 17.2. The molecule has 1 fully saturated rings. The van der Waals surface area contributed by atoms with E-state index in [1.165, 1.54) is 11.2 Å². The Balaban J connectivity index is 1.37. The molecule has 0 saturated carbocycles. The van der Waals surface area contributed by atoms with E-state index in [9.17, 15) is 14.4 Å². The first-order valence-corrected chi connectivity index (χ1v) is 12.6. The van der Waals surface area contributed by atoms with Crippen molar-refractivity contribution in [3.8, 4) is 0 Å². The van der Waals surface area contributed by atoms with E-state index in [1.54, 1.807) is 29.8 Å². The number of para-hydroxylation sites is 1. The maximum Gasteiger partial charge on any atom is 0.269 e. The molecule has 1 aliphatic rings. The summed E-state index contributed by atoms with van der Waals surface area (Å²) in [6.07, 6.45) is 2.35. The number of hydrogen-bond donors (Lipinski definition) is 2. The zero-order valence-electron chi connectivity index (χ0n) is 21.4. The molecule has 3 aromatic heterocycles. The monoisotopic (exact) mass is 519 g/mol. The van der Waals surface area contributed by atoms with Crippen molar-refractivity contribution in [2.45, 2.75) is 58.8 Å². The highest BCUT2D eigenvalue weighted by atomic mass is 16.5. The van der Waals surface area contributed by atoms with Crippen molar-refractivity contribution >= 4 is 28.7 Å². The predicted molar refractivity (Wildman–Crippen MR) is 135 cm³/mol. The van der Waals surface area contributed by atoms with Crippen molar-refractivity contribution in [1.82, 2.24) is 35.5 Å². The number of fused-ring (bicyclic) bond motifs is 1. The van der Waals surface area contributed by atoms with Gasteiger partial charge in [-0.25, -0.2) is 0 Å². The highest BCUT2D eigenvalue weighted by molar-refractivity contribution is 6.07. The SMILES string of the molecule is CCc1cc(C(=O)N[C@@H]2C[C@@H](C(=O)NCc3nc(C)no3)N(C(=O)c3coc4ccccc34)C2)n(CC)n1. The highest BCUT2D eigenvalue weighted by Gasteiger charge is 2.41. The van der Waals surface area contributed by atoms with Crippen LogP contribution in [0.3, 0.4) is 0 Å². The Bertz CT molecular complexity index is 1490. The number of nitrogens with zero attached hydrogens (tertiary/aromatic N) is 5. The van der Waals surface area contributed by atoms with Gasteiger partial charge in [0.1, 0.15) is 23.6 Å². The van der Waals surface area contributed by atoms with Gasteiger partial charge < -0.3 is 24.5 Å². The van der Waals surface area contributed by atoms with E-state index < -0.39 is 12.1 Å². The minimum Gasteiger partial charge on any atom is -0.463 e. The fraction of sp³-hybridized carbons (Fsp3) is 0.385. The van der Waals surface area contributed by atoms with Gasteiger partial charge in [0.2, 0.25) is 11.8 Å². The first kappa shape index (κ1) is 25.2. The van der Waals surface area contributed by atoms with Gasteiger partial charge >= 0.3 is 0 Å². The second-order valence-corrected chi connectivity index (χ2v) is 9.17. The number of rotatable bonds is 8. The number of benzene rings is 1. The fourth-order valence-electron chi connectivity index (χ4n) is 4.73. The molecule has 2 N–H and O–H groups in total. The second kappa shape index (κ2) is 10.5. The molecule has 0 radical (unpaired) electrons. The Morgan fingerprint density at radius 2 is 2.00 bits per heavy atom. The smallest absolute Gasteiger partial charge is 0.269 e. The molecule has 0 aliphatic carbocycles. The Labute approximate surface area is 218 Å². The number of carbonyl (C=O) groups is 3. The molecule has 2 atom stereocenters. The Kier molecular flexibility index (Phi) is 6.95. The molecule has 12 heteroatoms. The summed E-state index contributed by atoms with van der Waals surface area (Å²) in [7, 11) is 0. The van der Waals surface area contributed by atoms with E-state index in [4.69, 9.17) is 8.94 Å². The van der Waals surface area contributed by atoms with Crippen LogP contribution in [-0.4, -0.2) is 61.2 Å². The average molecular weight is 520 g/mol. The topological polar surface area (TPSA) is 148 Å². The highest BCUT2D eigenvalue weighted by Crippen LogP contribution is 2.27. The van der Waals surface area contributed by atoms with E-state index in [2.05, 4.69) is 25.9 Å². The molecule has 0 unspecified atom stereocenters. The van der Waals surface area contributed by atoms with Crippen LogP contribution in [0.15, 0.2) is 45.5 Å². The van der Waals surface area contributed by atoms with Crippen LogP contribution in [0.5, 0.6) is 0 Å². The van der Waals surface area contributed by atoms with Crippen molar-refractivity contribution in [3.05, 3.63) is 65.3 Å². The van der Waals surface area contributed by atoms with E-state index in [1.807, 2.05) is 26.0 Å². The van der Waals surface area contributed by atoms with E-state index in [0.717, 1.165) is 5.69 Å². The molecule has 3 amide bonds. The van der Waals surface area contributed by atoms with Crippen molar-refractivity contribution in [3.63, 3.8) is 0 Å². The first-order chi connectivity index (χ1) is 18.4. The van der Waals surface area contributed by atoms with Crippen LogP contribution >= 0.6 is 0 Å². The lowest BCUT2D eigenvalue weighted by molar-refractivity contribution is -0.125. The molecule has 4 aromatic rings. The lowest BCUT2D eigenvalue weighted by Gasteiger charge is -2.23. The van der Waals surface area contributed by atoms with Crippen LogP contribution in [0.1, 0.15) is 58.5 Å². The number of aromatic nitrogens is 4. The van der Waals surface area contributed by atoms with Crippen LogP contribution in [0.4, 0.5) is 0 Å². The molecular formula is C26H29N7O5. The molecule has 12 nitrogen and oxygen atoms in total. The van der Waals surface area contributed by atoms with Gasteiger partial charge in [-0.1, -0.05) is 30.3 Å². The number of nitrogens with one attached hydrogen (secondary N) is 2. The van der Waals surface area contributed by atoms with Crippen LogP contribution in [-0.2, 0) is 24.3 Å². The zero-order chi connectivity index (χ0) is 26.8. The number of likely N-dealkylation sites (tertiary alicyclic amines) is 1. The van der Waals surface area contributed by atoms with Crippen LogP contribution in [0, 0.1) is 6.92 Å². The number of hydrogen-bond acceptors (Lipinski definition) is 8. The summed E-state index contributed by atoms with van der Waals surface area (Å²) in [5.74, 6) is -0.318. The number of amides is 3. The molecule has 0 bridgehead atoms. The Hall–Kier alpha value is -4.48. The number of aryl methyl sites for hydroxylation is 3. The van der Waals surface area contributed by atoms with Gasteiger partial charge in [0.25, 0.3) is 11.8 Å².